The molecule has 92 valence electrons. The lowest BCUT2D eigenvalue weighted by Gasteiger charge is -2.19. The predicted molar refractivity (Wildman–Crippen MR) is 69.3 cm³/mol. The summed E-state index contributed by atoms with van der Waals surface area (Å²) < 4.78 is 0. The number of nitrogens with one attached hydrogen (secondary N) is 1. The highest BCUT2D eigenvalue weighted by Crippen LogP contribution is 2.05. The van der Waals surface area contributed by atoms with Gasteiger partial charge in [0, 0.05) is 19.1 Å². The Kier molecular flexibility index (Phi) is 9.12. The highest BCUT2D eigenvalue weighted by molar-refractivity contribution is 4.63. The summed E-state index contributed by atoms with van der Waals surface area (Å²) in [6.45, 7) is 12.6. The van der Waals surface area contributed by atoms with Crippen LogP contribution >= 0.6 is 0 Å². The van der Waals surface area contributed by atoms with Crippen molar-refractivity contribution in [3.63, 3.8) is 0 Å². The lowest BCUT2D eigenvalue weighted by molar-refractivity contribution is 0.321. The van der Waals surface area contributed by atoms with Crippen molar-refractivity contribution in [3.8, 4) is 0 Å². The zero-order chi connectivity index (χ0) is 11.7. The van der Waals surface area contributed by atoms with Crippen molar-refractivity contribution in [2.24, 2.45) is 5.92 Å². The molecule has 0 aromatic carbocycles. The van der Waals surface area contributed by atoms with Crippen molar-refractivity contribution in [2.75, 3.05) is 26.7 Å². The van der Waals surface area contributed by atoms with Crippen molar-refractivity contribution in [1.82, 2.24) is 10.2 Å². The largest absolute Gasteiger partial charge is 0.313 e. The Morgan fingerprint density at radius 1 is 1.07 bits per heavy atom. The monoisotopic (exact) mass is 214 g/mol. The van der Waals surface area contributed by atoms with Crippen LogP contribution in [0.3, 0.4) is 0 Å². The van der Waals surface area contributed by atoms with Crippen molar-refractivity contribution >= 4 is 0 Å². The third kappa shape index (κ3) is 10.2. The first-order valence-electron chi connectivity index (χ1n) is 6.48. The third-order valence-corrected chi connectivity index (χ3v) is 2.77. The minimum absolute atomic E-state index is 0.669. The van der Waals surface area contributed by atoms with Crippen molar-refractivity contribution in [2.45, 2.75) is 53.0 Å². The molecule has 1 unspecified atom stereocenters. The normalized spacial score (nSPS) is 13.8. The molecule has 0 fully saturated rings. The fourth-order valence-corrected chi connectivity index (χ4v) is 1.68. The Bertz CT molecular complexity index is 134. The van der Waals surface area contributed by atoms with Crippen LogP contribution in [0.2, 0.25) is 0 Å². The molecule has 0 saturated heterocycles. The van der Waals surface area contributed by atoms with E-state index in [1.54, 1.807) is 0 Å². The highest BCUT2D eigenvalue weighted by atomic mass is 15.1. The van der Waals surface area contributed by atoms with E-state index in [-0.39, 0.29) is 0 Å². The molecule has 0 aliphatic carbocycles. The van der Waals surface area contributed by atoms with Crippen molar-refractivity contribution < 1.29 is 0 Å². The van der Waals surface area contributed by atoms with Crippen molar-refractivity contribution in [1.29, 1.82) is 0 Å². The summed E-state index contributed by atoms with van der Waals surface area (Å²) in [5.41, 5.74) is 0. The van der Waals surface area contributed by atoms with Crippen LogP contribution in [0, 0.1) is 5.92 Å². The molecule has 0 amide bonds. The second kappa shape index (κ2) is 9.17. The summed E-state index contributed by atoms with van der Waals surface area (Å²) in [4.78, 5) is 2.39. The molecular weight excluding hydrogens is 184 g/mol. The maximum absolute atomic E-state index is 3.59. The zero-order valence-corrected chi connectivity index (χ0v) is 11.3. The Morgan fingerprint density at radius 2 is 1.73 bits per heavy atom. The van der Waals surface area contributed by atoms with E-state index in [0.29, 0.717) is 6.04 Å². The average molecular weight is 214 g/mol. The van der Waals surface area contributed by atoms with Gasteiger partial charge in [-0.05, 0) is 45.7 Å². The molecule has 2 heteroatoms. The lowest BCUT2D eigenvalue weighted by Crippen LogP contribution is -2.34. The van der Waals surface area contributed by atoms with Gasteiger partial charge in [-0.25, -0.2) is 0 Å². The van der Waals surface area contributed by atoms with Crippen LogP contribution in [-0.2, 0) is 0 Å². The molecular formula is C13H30N2. The molecule has 0 bridgehead atoms. The zero-order valence-electron chi connectivity index (χ0n) is 11.3. The molecule has 2 nitrogen and oxygen atoms in total. The minimum atomic E-state index is 0.669. The highest BCUT2D eigenvalue weighted by Gasteiger charge is 2.03. The second-order valence-corrected chi connectivity index (χ2v) is 5.13. The molecule has 0 heterocycles. The third-order valence-electron chi connectivity index (χ3n) is 2.77. The number of nitrogens with zero attached hydrogens (tertiary/aromatic N) is 1. The topological polar surface area (TPSA) is 15.3 Å². The lowest BCUT2D eigenvalue weighted by atomic mass is 10.0. The molecule has 15 heavy (non-hydrogen) atoms. The van der Waals surface area contributed by atoms with Gasteiger partial charge in [-0.15, -0.1) is 0 Å². The van der Waals surface area contributed by atoms with E-state index in [9.17, 15) is 0 Å². The maximum atomic E-state index is 3.59. The molecule has 0 rings (SSSR count). The van der Waals surface area contributed by atoms with Crippen LogP contribution in [0.15, 0.2) is 0 Å². The van der Waals surface area contributed by atoms with E-state index in [4.69, 9.17) is 0 Å². The van der Waals surface area contributed by atoms with Gasteiger partial charge in [0.1, 0.15) is 0 Å². The molecule has 0 saturated carbocycles. The molecule has 0 aromatic rings. The molecule has 0 radical (unpaired) electrons. The van der Waals surface area contributed by atoms with Crippen LogP contribution in [0.5, 0.6) is 0 Å². The van der Waals surface area contributed by atoms with Gasteiger partial charge in [0.05, 0.1) is 0 Å². The first-order valence-corrected chi connectivity index (χ1v) is 6.48. The van der Waals surface area contributed by atoms with Gasteiger partial charge in [-0.1, -0.05) is 20.8 Å². The average Bonchev–Trinajstić information content (AvgIpc) is 2.15. The Morgan fingerprint density at radius 3 is 2.27 bits per heavy atom. The first kappa shape index (κ1) is 14.9. The smallest absolute Gasteiger partial charge is 0.0104 e. The van der Waals surface area contributed by atoms with Gasteiger partial charge in [0.2, 0.25) is 0 Å². The summed E-state index contributed by atoms with van der Waals surface area (Å²) in [5.74, 6) is 0.831. The molecule has 0 aliphatic rings. The van der Waals surface area contributed by atoms with E-state index >= 15 is 0 Å². The number of likely N-dealkylation sites (N-methyl/N-ethyl adjacent to an activating group) is 1. The molecule has 0 aliphatic heterocycles. The summed E-state index contributed by atoms with van der Waals surface area (Å²) in [6, 6.07) is 0.669. The SMILES string of the molecule is CCCN(C)CCNC(C)CCC(C)C. The summed E-state index contributed by atoms with van der Waals surface area (Å²) in [6.07, 6.45) is 3.88. The van der Waals surface area contributed by atoms with Crippen LogP contribution in [0.25, 0.3) is 0 Å². The van der Waals surface area contributed by atoms with Crippen LogP contribution < -0.4 is 5.32 Å². The molecule has 0 spiro atoms. The maximum Gasteiger partial charge on any atom is 0.0104 e. The summed E-state index contributed by atoms with van der Waals surface area (Å²) in [7, 11) is 2.20. The van der Waals surface area contributed by atoms with Gasteiger partial charge in [0.15, 0.2) is 0 Å². The van der Waals surface area contributed by atoms with E-state index in [1.165, 1.54) is 32.4 Å². The van der Waals surface area contributed by atoms with E-state index in [1.807, 2.05) is 0 Å². The van der Waals surface area contributed by atoms with Gasteiger partial charge in [0.25, 0.3) is 0 Å². The van der Waals surface area contributed by atoms with Gasteiger partial charge in [-0.2, -0.15) is 0 Å². The van der Waals surface area contributed by atoms with Crippen LogP contribution in [0.1, 0.15) is 47.0 Å². The first-order chi connectivity index (χ1) is 7.06. The van der Waals surface area contributed by atoms with E-state index in [2.05, 4.69) is 45.0 Å². The van der Waals surface area contributed by atoms with Crippen LogP contribution in [0.4, 0.5) is 0 Å². The Balaban J connectivity index is 3.34. The second-order valence-electron chi connectivity index (χ2n) is 5.13. The van der Waals surface area contributed by atoms with Gasteiger partial charge < -0.3 is 10.2 Å². The van der Waals surface area contributed by atoms with Gasteiger partial charge >= 0.3 is 0 Å². The Hall–Kier alpha value is -0.0800. The fraction of sp³-hybridized carbons (Fsp3) is 1.00. The quantitative estimate of drug-likeness (QED) is 0.635. The van der Waals surface area contributed by atoms with Crippen LogP contribution in [-0.4, -0.2) is 37.6 Å². The van der Waals surface area contributed by atoms with Gasteiger partial charge in [-0.3, -0.25) is 0 Å². The number of hydrogen-bond acceptors (Lipinski definition) is 2. The summed E-state index contributed by atoms with van der Waals surface area (Å²) in [5, 5.41) is 3.59. The fourth-order valence-electron chi connectivity index (χ4n) is 1.68. The summed E-state index contributed by atoms with van der Waals surface area (Å²) >= 11 is 0. The standard InChI is InChI=1S/C13H30N2/c1-6-10-15(5)11-9-14-13(4)8-7-12(2)3/h12-14H,6-11H2,1-5H3. The molecule has 1 atom stereocenters. The molecule has 0 aromatic heterocycles. The van der Waals surface area contributed by atoms with E-state index in [0.717, 1.165) is 12.5 Å². The predicted octanol–water partition coefficient (Wildman–Crippen LogP) is 2.74. The molecule has 1 N–H and O–H groups in total. The Labute approximate surface area is 96.4 Å². The van der Waals surface area contributed by atoms with E-state index < -0.39 is 0 Å². The minimum Gasteiger partial charge on any atom is -0.313 e. The number of rotatable bonds is 9. The van der Waals surface area contributed by atoms with Crippen molar-refractivity contribution in [3.05, 3.63) is 0 Å². The number of hydrogen-bond donors (Lipinski definition) is 1.